The Hall–Kier alpha value is -1.39. The second-order valence-corrected chi connectivity index (χ2v) is 5.22. The fourth-order valence-corrected chi connectivity index (χ4v) is 2.41. The van der Waals surface area contributed by atoms with E-state index in [2.05, 4.69) is 22.5 Å². The molecular weight excluding hydrogens is 238 g/mol. The quantitative estimate of drug-likeness (QED) is 0.855. The lowest BCUT2D eigenvalue weighted by molar-refractivity contribution is -0.123. The maximum atomic E-state index is 12.1. The molecule has 0 aromatic heterocycles. The van der Waals surface area contributed by atoms with Gasteiger partial charge in [-0.15, -0.1) is 0 Å². The third-order valence-corrected chi connectivity index (χ3v) is 3.66. The molecule has 1 heterocycles. The third-order valence-electron chi connectivity index (χ3n) is 3.66. The van der Waals surface area contributed by atoms with E-state index in [0.29, 0.717) is 12.6 Å². The number of piperazine rings is 1. The number of benzene rings is 1. The molecule has 1 aliphatic heterocycles. The van der Waals surface area contributed by atoms with Crippen molar-refractivity contribution in [2.24, 2.45) is 0 Å². The van der Waals surface area contributed by atoms with Gasteiger partial charge in [-0.05, 0) is 19.4 Å². The number of carbonyl (C=O) groups is 1. The highest BCUT2D eigenvalue weighted by Gasteiger charge is 2.20. The Kier molecular flexibility index (Phi) is 4.93. The summed E-state index contributed by atoms with van der Waals surface area (Å²) in [6.45, 7) is 7.52. The average molecular weight is 261 g/mol. The van der Waals surface area contributed by atoms with Crippen LogP contribution in [0.3, 0.4) is 0 Å². The Bertz CT molecular complexity index is 407. The van der Waals surface area contributed by atoms with Crippen LogP contribution in [0.5, 0.6) is 0 Å². The van der Waals surface area contributed by atoms with E-state index in [9.17, 15) is 4.79 Å². The molecule has 1 fully saturated rings. The summed E-state index contributed by atoms with van der Waals surface area (Å²) in [5.74, 6) is 0.102. The Morgan fingerprint density at radius 2 is 2.21 bits per heavy atom. The molecule has 0 bridgehead atoms. The van der Waals surface area contributed by atoms with Crippen LogP contribution in [0, 0.1) is 0 Å². The van der Waals surface area contributed by atoms with Gasteiger partial charge in [-0.2, -0.15) is 0 Å². The first kappa shape index (κ1) is 14.0. The molecule has 1 saturated heterocycles. The molecule has 1 aromatic carbocycles. The van der Waals surface area contributed by atoms with Crippen LogP contribution in [-0.4, -0.2) is 43.0 Å². The number of amides is 1. The van der Waals surface area contributed by atoms with Crippen LogP contribution >= 0.6 is 0 Å². The van der Waals surface area contributed by atoms with Crippen LogP contribution in [-0.2, 0) is 4.79 Å². The van der Waals surface area contributed by atoms with E-state index in [0.717, 1.165) is 25.2 Å². The van der Waals surface area contributed by atoms with Crippen molar-refractivity contribution >= 4 is 5.91 Å². The lowest BCUT2D eigenvalue weighted by Gasteiger charge is -2.33. The van der Waals surface area contributed by atoms with Gasteiger partial charge in [0.1, 0.15) is 0 Å². The van der Waals surface area contributed by atoms with Crippen molar-refractivity contribution in [2.75, 3.05) is 26.2 Å². The molecular formula is C15H23N3O. The Labute approximate surface area is 115 Å². The van der Waals surface area contributed by atoms with Crippen LogP contribution in [0.4, 0.5) is 0 Å². The van der Waals surface area contributed by atoms with Crippen molar-refractivity contribution in [2.45, 2.75) is 25.9 Å². The molecule has 19 heavy (non-hydrogen) atoms. The maximum Gasteiger partial charge on any atom is 0.234 e. The Morgan fingerprint density at radius 1 is 1.47 bits per heavy atom. The van der Waals surface area contributed by atoms with Gasteiger partial charge in [0.05, 0.1) is 12.6 Å². The van der Waals surface area contributed by atoms with Crippen molar-refractivity contribution in [1.82, 2.24) is 15.5 Å². The number of carbonyl (C=O) groups excluding carboxylic acids is 1. The van der Waals surface area contributed by atoms with Crippen LogP contribution in [0.2, 0.25) is 0 Å². The molecule has 1 unspecified atom stereocenters. The SMILES string of the molecule is CC(NC(=O)CN1CCNC[C@H]1C)c1ccccc1. The first-order valence-electron chi connectivity index (χ1n) is 6.96. The number of hydrogen-bond donors (Lipinski definition) is 2. The van der Waals surface area contributed by atoms with Gasteiger partial charge in [-0.3, -0.25) is 9.69 Å². The Morgan fingerprint density at radius 3 is 2.89 bits per heavy atom. The first-order chi connectivity index (χ1) is 9.16. The summed E-state index contributed by atoms with van der Waals surface area (Å²) in [7, 11) is 0. The molecule has 2 N–H and O–H groups in total. The van der Waals surface area contributed by atoms with Gasteiger partial charge < -0.3 is 10.6 Å². The van der Waals surface area contributed by atoms with E-state index in [4.69, 9.17) is 0 Å². The molecule has 0 spiro atoms. The van der Waals surface area contributed by atoms with Crippen LogP contribution in [0.25, 0.3) is 0 Å². The van der Waals surface area contributed by atoms with E-state index in [1.54, 1.807) is 0 Å². The Balaban J connectivity index is 1.84. The number of hydrogen-bond acceptors (Lipinski definition) is 3. The fourth-order valence-electron chi connectivity index (χ4n) is 2.41. The molecule has 0 saturated carbocycles. The largest absolute Gasteiger partial charge is 0.348 e. The smallest absolute Gasteiger partial charge is 0.234 e. The lowest BCUT2D eigenvalue weighted by atomic mass is 10.1. The minimum absolute atomic E-state index is 0.0620. The molecule has 4 heteroatoms. The molecule has 2 atom stereocenters. The summed E-state index contributed by atoms with van der Waals surface area (Å²) in [5, 5.41) is 6.39. The summed E-state index contributed by atoms with van der Waals surface area (Å²) in [6, 6.07) is 10.5. The van der Waals surface area contributed by atoms with E-state index >= 15 is 0 Å². The van der Waals surface area contributed by atoms with Gasteiger partial charge in [-0.1, -0.05) is 30.3 Å². The maximum absolute atomic E-state index is 12.1. The summed E-state index contributed by atoms with van der Waals surface area (Å²) in [6.07, 6.45) is 0. The minimum atomic E-state index is 0.0620. The van der Waals surface area contributed by atoms with E-state index in [1.165, 1.54) is 0 Å². The predicted octanol–water partition coefficient (Wildman–Crippen LogP) is 1.16. The van der Waals surface area contributed by atoms with Crippen LogP contribution < -0.4 is 10.6 Å². The highest BCUT2D eigenvalue weighted by atomic mass is 16.2. The van der Waals surface area contributed by atoms with Gasteiger partial charge >= 0.3 is 0 Å². The molecule has 1 amide bonds. The van der Waals surface area contributed by atoms with Crippen LogP contribution in [0.1, 0.15) is 25.5 Å². The molecule has 4 nitrogen and oxygen atoms in total. The molecule has 104 valence electrons. The molecule has 0 aliphatic carbocycles. The fraction of sp³-hybridized carbons (Fsp3) is 0.533. The second kappa shape index (κ2) is 6.68. The average Bonchev–Trinajstić information content (AvgIpc) is 2.42. The molecule has 0 radical (unpaired) electrons. The van der Waals surface area contributed by atoms with Crippen molar-refractivity contribution in [1.29, 1.82) is 0 Å². The minimum Gasteiger partial charge on any atom is -0.348 e. The number of rotatable bonds is 4. The highest BCUT2D eigenvalue weighted by Crippen LogP contribution is 2.11. The van der Waals surface area contributed by atoms with Crippen molar-refractivity contribution in [3.8, 4) is 0 Å². The normalized spacial score (nSPS) is 21.9. The second-order valence-electron chi connectivity index (χ2n) is 5.22. The molecule has 1 aliphatic rings. The summed E-state index contributed by atoms with van der Waals surface area (Å²) in [5.41, 5.74) is 1.14. The highest BCUT2D eigenvalue weighted by molar-refractivity contribution is 5.78. The van der Waals surface area contributed by atoms with Crippen molar-refractivity contribution in [3.63, 3.8) is 0 Å². The molecule has 2 rings (SSSR count). The van der Waals surface area contributed by atoms with Crippen molar-refractivity contribution < 1.29 is 4.79 Å². The topological polar surface area (TPSA) is 44.4 Å². The lowest BCUT2D eigenvalue weighted by Crippen LogP contribution is -2.52. The number of nitrogens with one attached hydrogen (secondary N) is 2. The van der Waals surface area contributed by atoms with Crippen molar-refractivity contribution in [3.05, 3.63) is 35.9 Å². The summed E-state index contributed by atoms with van der Waals surface area (Å²) in [4.78, 5) is 14.3. The predicted molar refractivity (Wildman–Crippen MR) is 76.9 cm³/mol. The van der Waals surface area contributed by atoms with E-state index in [-0.39, 0.29) is 11.9 Å². The van der Waals surface area contributed by atoms with Gasteiger partial charge in [0.15, 0.2) is 0 Å². The third kappa shape index (κ3) is 4.04. The van der Waals surface area contributed by atoms with Crippen LogP contribution in [0.15, 0.2) is 30.3 Å². The van der Waals surface area contributed by atoms with E-state index in [1.807, 2.05) is 37.3 Å². The van der Waals surface area contributed by atoms with E-state index < -0.39 is 0 Å². The zero-order valence-corrected chi connectivity index (χ0v) is 11.7. The zero-order valence-electron chi connectivity index (χ0n) is 11.7. The molecule has 1 aromatic rings. The summed E-state index contributed by atoms with van der Waals surface area (Å²) >= 11 is 0. The number of nitrogens with zero attached hydrogens (tertiary/aromatic N) is 1. The standard InChI is InChI=1S/C15H23N3O/c1-12-10-16-8-9-18(12)11-15(19)17-13(2)14-6-4-3-5-7-14/h3-7,12-13,16H,8-11H2,1-2H3,(H,17,19)/t12-,13?/m1/s1. The summed E-state index contributed by atoms with van der Waals surface area (Å²) < 4.78 is 0. The van der Waals surface area contributed by atoms with Gasteiger partial charge in [0, 0.05) is 25.7 Å². The zero-order chi connectivity index (χ0) is 13.7. The van der Waals surface area contributed by atoms with Gasteiger partial charge in [0.25, 0.3) is 0 Å². The monoisotopic (exact) mass is 261 g/mol. The van der Waals surface area contributed by atoms with Gasteiger partial charge in [0.2, 0.25) is 5.91 Å². The van der Waals surface area contributed by atoms with Gasteiger partial charge in [-0.25, -0.2) is 0 Å². The first-order valence-corrected chi connectivity index (χ1v) is 6.96.